The van der Waals surface area contributed by atoms with Crippen LogP contribution in [0.1, 0.15) is 39.8 Å². The van der Waals surface area contributed by atoms with Crippen LogP contribution in [0, 0.1) is 5.41 Å². The molecule has 3 N–H and O–H groups in total. The molecule has 1 spiro atoms. The maximum atomic E-state index is 14.7. The summed E-state index contributed by atoms with van der Waals surface area (Å²) in [6.45, 7) is 0. The van der Waals surface area contributed by atoms with E-state index in [1.807, 2.05) is 127 Å². The molecule has 0 radical (unpaired) electrons. The average molecular weight is 595 g/mol. The van der Waals surface area contributed by atoms with Gasteiger partial charge >= 0.3 is 5.69 Å². The van der Waals surface area contributed by atoms with Crippen LogP contribution < -0.4 is 16.3 Å². The summed E-state index contributed by atoms with van der Waals surface area (Å²) in [6, 6.07) is 37.9. The number of rotatable bonds is 4. The summed E-state index contributed by atoms with van der Waals surface area (Å²) in [6.07, 6.45) is 1.92. The highest BCUT2D eigenvalue weighted by Gasteiger charge is 2.65. The zero-order valence-corrected chi connectivity index (χ0v) is 24.2. The van der Waals surface area contributed by atoms with E-state index in [9.17, 15) is 14.4 Å². The van der Waals surface area contributed by atoms with Crippen molar-refractivity contribution in [3.63, 3.8) is 0 Å². The first-order chi connectivity index (χ1) is 21.5. The molecule has 214 valence electrons. The molecule has 7 rings (SSSR count). The van der Waals surface area contributed by atoms with Crippen LogP contribution in [-0.4, -0.2) is 26.9 Å². The zero-order valence-electron chi connectivity index (χ0n) is 23.4. The SMILES string of the molecule is O=C1NC(=S)NC(=O)C12C(c1ccccc1)/C(=C/c1ccccc1)c1nc(=O)[nH]c(-c3ccccc3)c1C2c1ccccc1. The van der Waals surface area contributed by atoms with E-state index in [2.05, 4.69) is 20.6 Å². The molecule has 44 heavy (non-hydrogen) atoms. The lowest BCUT2D eigenvalue weighted by Crippen LogP contribution is -2.67. The number of benzene rings is 4. The van der Waals surface area contributed by atoms with Crippen molar-refractivity contribution in [3.8, 4) is 11.3 Å². The lowest BCUT2D eigenvalue weighted by atomic mass is 9.52. The molecule has 2 atom stereocenters. The summed E-state index contributed by atoms with van der Waals surface area (Å²) in [5, 5.41) is 5.54. The quantitative estimate of drug-likeness (QED) is 0.190. The van der Waals surface area contributed by atoms with Gasteiger partial charge < -0.3 is 15.6 Å². The molecular formula is C36H26N4O3S. The van der Waals surface area contributed by atoms with E-state index in [4.69, 9.17) is 12.2 Å². The Labute approximate surface area is 258 Å². The molecular weight excluding hydrogens is 568 g/mol. The van der Waals surface area contributed by atoms with Crippen molar-refractivity contribution < 1.29 is 9.59 Å². The molecule has 0 saturated carbocycles. The van der Waals surface area contributed by atoms with Crippen molar-refractivity contribution in [3.05, 3.63) is 160 Å². The predicted molar refractivity (Wildman–Crippen MR) is 173 cm³/mol. The van der Waals surface area contributed by atoms with E-state index >= 15 is 0 Å². The van der Waals surface area contributed by atoms with Gasteiger partial charge in [0, 0.05) is 17.4 Å². The summed E-state index contributed by atoms with van der Waals surface area (Å²) in [5.74, 6) is -2.75. The van der Waals surface area contributed by atoms with Crippen LogP contribution in [0.4, 0.5) is 0 Å². The second-order valence-corrected chi connectivity index (χ2v) is 11.3. The van der Waals surface area contributed by atoms with E-state index in [1.165, 1.54) is 0 Å². The van der Waals surface area contributed by atoms with E-state index in [-0.39, 0.29) is 5.11 Å². The number of H-pyrrole nitrogens is 1. The minimum Gasteiger partial charge on any atom is -0.305 e. The number of amides is 2. The fraction of sp³-hybridized carbons (Fsp3) is 0.0833. The van der Waals surface area contributed by atoms with Crippen LogP contribution >= 0.6 is 12.2 Å². The first-order valence-corrected chi connectivity index (χ1v) is 14.6. The summed E-state index contributed by atoms with van der Waals surface area (Å²) in [5.41, 5.74) is 2.78. The number of carbonyl (C=O) groups is 2. The van der Waals surface area contributed by atoms with Gasteiger partial charge in [0.15, 0.2) is 10.5 Å². The number of nitrogens with zero attached hydrogens (tertiary/aromatic N) is 1. The van der Waals surface area contributed by atoms with Gasteiger partial charge in [0.1, 0.15) is 0 Å². The fourth-order valence-corrected chi connectivity index (χ4v) is 6.89. The number of nitrogens with one attached hydrogen (secondary N) is 3. The number of aromatic nitrogens is 2. The van der Waals surface area contributed by atoms with E-state index < -0.39 is 34.8 Å². The molecule has 1 aliphatic carbocycles. The van der Waals surface area contributed by atoms with Crippen molar-refractivity contribution in [2.24, 2.45) is 5.41 Å². The van der Waals surface area contributed by atoms with E-state index in [0.29, 0.717) is 22.5 Å². The van der Waals surface area contributed by atoms with Gasteiger partial charge in [-0.05, 0) is 46.1 Å². The lowest BCUT2D eigenvalue weighted by molar-refractivity contribution is -0.145. The van der Waals surface area contributed by atoms with Crippen molar-refractivity contribution in [2.45, 2.75) is 11.8 Å². The Balaban J connectivity index is 1.70. The van der Waals surface area contributed by atoms with Crippen molar-refractivity contribution in [2.75, 3.05) is 0 Å². The average Bonchev–Trinajstić information content (AvgIpc) is 3.05. The topological polar surface area (TPSA) is 104 Å². The highest BCUT2D eigenvalue weighted by Crippen LogP contribution is 2.62. The monoisotopic (exact) mass is 594 g/mol. The van der Waals surface area contributed by atoms with Crippen LogP contribution in [0.25, 0.3) is 22.9 Å². The van der Waals surface area contributed by atoms with Crippen LogP contribution in [0.15, 0.2) is 126 Å². The number of allylic oxidation sites excluding steroid dienone is 1. The van der Waals surface area contributed by atoms with Gasteiger partial charge in [-0.25, -0.2) is 4.79 Å². The van der Waals surface area contributed by atoms with Crippen molar-refractivity contribution in [1.82, 2.24) is 20.6 Å². The molecule has 1 aromatic heterocycles. The third-order valence-electron chi connectivity index (χ3n) is 8.41. The third-order valence-corrected chi connectivity index (χ3v) is 8.61. The molecule has 2 heterocycles. The Morgan fingerprint density at radius 3 is 1.73 bits per heavy atom. The molecule has 1 fully saturated rings. The molecule has 2 amide bonds. The second-order valence-electron chi connectivity index (χ2n) is 10.8. The normalized spacial score (nSPS) is 19.7. The van der Waals surface area contributed by atoms with Crippen molar-refractivity contribution >= 4 is 40.8 Å². The Morgan fingerprint density at radius 2 is 1.16 bits per heavy atom. The van der Waals surface area contributed by atoms with E-state index in [0.717, 1.165) is 22.3 Å². The number of fused-ring (bicyclic) bond motifs is 1. The van der Waals surface area contributed by atoms with Gasteiger partial charge in [-0.2, -0.15) is 4.98 Å². The number of hydrogen-bond acceptors (Lipinski definition) is 5. The minimum atomic E-state index is -1.76. The van der Waals surface area contributed by atoms with Gasteiger partial charge in [0.2, 0.25) is 11.8 Å². The number of carbonyl (C=O) groups excluding carboxylic acids is 2. The minimum absolute atomic E-state index is 0.0495. The number of aromatic amines is 1. The highest BCUT2D eigenvalue weighted by atomic mass is 32.1. The van der Waals surface area contributed by atoms with Gasteiger partial charge in [0.05, 0.1) is 11.4 Å². The maximum absolute atomic E-state index is 14.7. The Bertz CT molecular complexity index is 1970. The first-order valence-electron chi connectivity index (χ1n) is 14.2. The summed E-state index contributed by atoms with van der Waals surface area (Å²) in [4.78, 5) is 50.4. The maximum Gasteiger partial charge on any atom is 0.345 e. The molecule has 4 aromatic carbocycles. The van der Waals surface area contributed by atoms with Gasteiger partial charge in [0.25, 0.3) is 0 Å². The van der Waals surface area contributed by atoms with Gasteiger partial charge in [-0.3, -0.25) is 9.59 Å². The predicted octanol–water partition coefficient (Wildman–Crippen LogP) is 5.42. The Kier molecular flexibility index (Phi) is 6.83. The lowest BCUT2D eigenvalue weighted by Gasteiger charge is -2.50. The summed E-state index contributed by atoms with van der Waals surface area (Å²) in [7, 11) is 0. The van der Waals surface area contributed by atoms with E-state index in [1.54, 1.807) is 0 Å². The molecule has 5 aromatic rings. The fourth-order valence-electron chi connectivity index (χ4n) is 6.71. The van der Waals surface area contributed by atoms with Crippen LogP contribution in [-0.2, 0) is 9.59 Å². The highest BCUT2D eigenvalue weighted by molar-refractivity contribution is 7.80. The Hall–Kier alpha value is -5.47. The molecule has 8 heteroatoms. The van der Waals surface area contributed by atoms with Crippen molar-refractivity contribution in [1.29, 1.82) is 0 Å². The molecule has 7 nitrogen and oxygen atoms in total. The molecule has 2 aliphatic rings. The second kappa shape index (κ2) is 11.0. The zero-order chi connectivity index (χ0) is 30.3. The number of hydrogen-bond donors (Lipinski definition) is 3. The van der Waals surface area contributed by atoms with Crippen LogP contribution in [0.3, 0.4) is 0 Å². The molecule has 1 saturated heterocycles. The smallest absolute Gasteiger partial charge is 0.305 e. The van der Waals surface area contributed by atoms with Crippen LogP contribution in [0.2, 0.25) is 0 Å². The van der Waals surface area contributed by atoms with Gasteiger partial charge in [-0.1, -0.05) is 121 Å². The third kappa shape index (κ3) is 4.39. The number of thiocarbonyl (C=S) groups is 1. The van der Waals surface area contributed by atoms with Gasteiger partial charge in [-0.15, -0.1) is 0 Å². The molecule has 0 bridgehead atoms. The molecule has 2 unspecified atom stereocenters. The first kappa shape index (κ1) is 27.4. The standard InChI is InChI=1S/C36H26N4O3S/c41-32-36(33(42)40-35(44)39-32)28(23-15-7-2-8-16-23)26(21-22-13-5-1-6-14-22)31-27(29(36)24-17-9-3-10-18-24)30(37-34(43)38-31)25-19-11-4-12-20-25/h1-21,28-29H,(H,37,38,43)(H2,39,40,41,42,44)/b26-21-. The largest absolute Gasteiger partial charge is 0.345 e. The van der Waals surface area contributed by atoms with Crippen LogP contribution in [0.5, 0.6) is 0 Å². The summed E-state index contributed by atoms with van der Waals surface area (Å²) < 4.78 is 0. The summed E-state index contributed by atoms with van der Waals surface area (Å²) >= 11 is 5.32. The Morgan fingerprint density at radius 1 is 0.659 bits per heavy atom. The molecule has 1 aliphatic heterocycles.